The van der Waals surface area contributed by atoms with Crippen molar-refractivity contribution in [3.05, 3.63) is 29.8 Å². The quantitative estimate of drug-likeness (QED) is 0.833. The number of benzene rings is 1. The molecule has 0 saturated carbocycles. The number of hydrogen-bond donors (Lipinski definition) is 1. The van der Waals surface area contributed by atoms with Crippen molar-refractivity contribution >= 4 is 23.4 Å². The lowest BCUT2D eigenvalue weighted by atomic mass is 9.95. The molecule has 0 spiro atoms. The molecule has 1 N–H and O–H groups in total. The monoisotopic (exact) mass is 371 g/mol. The first-order chi connectivity index (χ1) is 13.1. The first-order valence-corrected chi connectivity index (χ1v) is 10.0. The minimum atomic E-state index is 0.0258. The van der Waals surface area contributed by atoms with Crippen molar-refractivity contribution in [2.24, 2.45) is 5.92 Å². The van der Waals surface area contributed by atoms with Gasteiger partial charge in [-0.15, -0.1) is 0 Å². The second-order valence-corrected chi connectivity index (χ2v) is 7.44. The number of hydrogen-bond acceptors (Lipinski definition) is 3. The first kappa shape index (κ1) is 19.4. The zero-order valence-corrected chi connectivity index (χ0v) is 16.1. The van der Waals surface area contributed by atoms with Crippen LogP contribution in [0.15, 0.2) is 24.3 Å². The normalized spacial score (nSPS) is 18.0. The molecule has 2 fully saturated rings. The fourth-order valence-corrected chi connectivity index (χ4v) is 3.78. The van der Waals surface area contributed by atoms with Crippen molar-refractivity contribution in [2.45, 2.75) is 45.4 Å². The zero-order valence-electron chi connectivity index (χ0n) is 16.1. The van der Waals surface area contributed by atoms with Gasteiger partial charge in [-0.05, 0) is 43.4 Å². The number of carbonyl (C=O) groups is 3. The summed E-state index contributed by atoms with van der Waals surface area (Å²) in [7, 11) is 0. The standard InChI is InChI=1S/C21H29N3O3/c1-2-11-22-21(27)17-9-13-23(14-10-17)20(26)15-16-5-7-18(8-6-16)24-12-3-4-19(24)25/h5-8,17H,2-4,9-15H2,1H3,(H,22,27). The van der Waals surface area contributed by atoms with E-state index < -0.39 is 0 Å². The average molecular weight is 371 g/mol. The number of nitrogens with one attached hydrogen (secondary N) is 1. The van der Waals surface area contributed by atoms with E-state index in [1.54, 1.807) is 4.90 Å². The van der Waals surface area contributed by atoms with Gasteiger partial charge in [0, 0.05) is 44.2 Å². The van der Waals surface area contributed by atoms with Crippen LogP contribution >= 0.6 is 0 Å². The van der Waals surface area contributed by atoms with Gasteiger partial charge in [-0.1, -0.05) is 19.1 Å². The van der Waals surface area contributed by atoms with Gasteiger partial charge < -0.3 is 15.1 Å². The molecule has 27 heavy (non-hydrogen) atoms. The number of amides is 3. The van der Waals surface area contributed by atoms with Crippen LogP contribution in [-0.2, 0) is 20.8 Å². The van der Waals surface area contributed by atoms with E-state index in [-0.39, 0.29) is 23.6 Å². The summed E-state index contributed by atoms with van der Waals surface area (Å²) in [5, 5.41) is 2.95. The summed E-state index contributed by atoms with van der Waals surface area (Å²) in [5.41, 5.74) is 1.87. The summed E-state index contributed by atoms with van der Waals surface area (Å²) in [6.07, 6.45) is 4.29. The second kappa shape index (κ2) is 9.02. The van der Waals surface area contributed by atoms with Crippen LogP contribution in [0.1, 0.15) is 44.6 Å². The summed E-state index contributed by atoms with van der Waals surface area (Å²) in [5.74, 6) is 0.422. The van der Waals surface area contributed by atoms with Gasteiger partial charge in [0.1, 0.15) is 0 Å². The van der Waals surface area contributed by atoms with Crippen LogP contribution in [0.25, 0.3) is 0 Å². The molecule has 146 valence electrons. The molecule has 1 aromatic carbocycles. The maximum absolute atomic E-state index is 12.6. The highest BCUT2D eigenvalue weighted by atomic mass is 16.2. The number of rotatable bonds is 6. The van der Waals surface area contributed by atoms with Crippen molar-refractivity contribution in [2.75, 3.05) is 31.1 Å². The van der Waals surface area contributed by atoms with Gasteiger partial charge in [-0.2, -0.15) is 0 Å². The number of carbonyl (C=O) groups excluding carboxylic acids is 3. The van der Waals surface area contributed by atoms with Crippen LogP contribution in [0.3, 0.4) is 0 Å². The van der Waals surface area contributed by atoms with E-state index in [0.29, 0.717) is 25.9 Å². The van der Waals surface area contributed by atoms with Crippen LogP contribution in [0.5, 0.6) is 0 Å². The van der Waals surface area contributed by atoms with Crippen LogP contribution in [0.2, 0.25) is 0 Å². The highest BCUT2D eigenvalue weighted by Crippen LogP contribution is 2.22. The average Bonchev–Trinajstić information content (AvgIpc) is 3.12. The Kier molecular flexibility index (Phi) is 6.48. The highest BCUT2D eigenvalue weighted by molar-refractivity contribution is 5.95. The number of nitrogens with zero attached hydrogens (tertiary/aromatic N) is 2. The Morgan fingerprint density at radius 1 is 1.11 bits per heavy atom. The Morgan fingerprint density at radius 3 is 2.41 bits per heavy atom. The maximum atomic E-state index is 12.6. The Labute approximate surface area is 160 Å². The molecular weight excluding hydrogens is 342 g/mol. The second-order valence-electron chi connectivity index (χ2n) is 7.44. The smallest absolute Gasteiger partial charge is 0.227 e. The predicted octanol–water partition coefficient (Wildman–Crippen LogP) is 2.12. The molecular formula is C21H29N3O3. The van der Waals surface area contributed by atoms with Crippen LogP contribution < -0.4 is 10.2 Å². The lowest BCUT2D eigenvalue weighted by Gasteiger charge is -2.31. The van der Waals surface area contributed by atoms with Crippen molar-refractivity contribution in [1.29, 1.82) is 0 Å². The zero-order chi connectivity index (χ0) is 19.2. The topological polar surface area (TPSA) is 69.7 Å². The molecule has 1 aromatic rings. The summed E-state index contributed by atoms with van der Waals surface area (Å²) in [6, 6.07) is 7.72. The van der Waals surface area contributed by atoms with Gasteiger partial charge in [0.25, 0.3) is 0 Å². The lowest BCUT2D eigenvalue weighted by Crippen LogP contribution is -2.43. The van der Waals surface area contributed by atoms with E-state index in [0.717, 1.165) is 50.0 Å². The third kappa shape index (κ3) is 4.87. The van der Waals surface area contributed by atoms with Gasteiger partial charge in [-0.3, -0.25) is 14.4 Å². The van der Waals surface area contributed by atoms with Crippen LogP contribution in [-0.4, -0.2) is 48.8 Å². The van der Waals surface area contributed by atoms with Gasteiger partial charge in [-0.25, -0.2) is 0 Å². The lowest BCUT2D eigenvalue weighted by molar-refractivity contribution is -0.135. The molecule has 2 aliphatic heterocycles. The molecule has 6 nitrogen and oxygen atoms in total. The summed E-state index contributed by atoms with van der Waals surface area (Å²) < 4.78 is 0. The Hall–Kier alpha value is -2.37. The minimum absolute atomic E-state index is 0.0258. The fraction of sp³-hybridized carbons (Fsp3) is 0.571. The Balaban J connectivity index is 1.48. The molecule has 0 bridgehead atoms. The van der Waals surface area contributed by atoms with E-state index in [2.05, 4.69) is 5.32 Å². The fourth-order valence-electron chi connectivity index (χ4n) is 3.78. The number of likely N-dealkylation sites (tertiary alicyclic amines) is 1. The third-order valence-corrected chi connectivity index (χ3v) is 5.44. The van der Waals surface area contributed by atoms with Gasteiger partial charge in [0.15, 0.2) is 0 Å². The molecule has 0 atom stereocenters. The van der Waals surface area contributed by atoms with E-state index in [4.69, 9.17) is 0 Å². The molecule has 2 aliphatic rings. The van der Waals surface area contributed by atoms with Crippen molar-refractivity contribution in [3.8, 4) is 0 Å². The van der Waals surface area contributed by atoms with Crippen molar-refractivity contribution < 1.29 is 14.4 Å². The maximum Gasteiger partial charge on any atom is 0.227 e. The number of anilines is 1. The predicted molar refractivity (Wildman–Crippen MR) is 104 cm³/mol. The summed E-state index contributed by atoms with van der Waals surface area (Å²) >= 11 is 0. The molecule has 3 amide bonds. The Morgan fingerprint density at radius 2 is 1.81 bits per heavy atom. The van der Waals surface area contributed by atoms with Crippen molar-refractivity contribution in [3.63, 3.8) is 0 Å². The minimum Gasteiger partial charge on any atom is -0.356 e. The third-order valence-electron chi connectivity index (χ3n) is 5.44. The van der Waals surface area contributed by atoms with Gasteiger partial charge in [0.2, 0.25) is 17.7 Å². The molecule has 0 aliphatic carbocycles. The van der Waals surface area contributed by atoms with Gasteiger partial charge in [0.05, 0.1) is 6.42 Å². The molecule has 3 rings (SSSR count). The molecule has 2 saturated heterocycles. The summed E-state index contributed by atoms with van der Waals surface area (Å²) in [4.78, 5) is 40.1. The van der Waals surface area contributed by atoms with E-state index in [1.165, 1.54) is 0 Å². The van der Waals surface area contributed by atoms with E-state index >= 15 is 0 Å². The number of piperidine rings is 1. The Bertz CT molecular complexity index is 678. The van der Waals surface area contributed by atoms with Crippen LogP contribution in [0, 0.1) is 5.92 Å². The molecule has 0 radical (unpaired) electrons. The highest BCUT2D eigenvalue weighted by Gasteiger charge is 2.27. The SMILES string of the molecule is CCCNC(=O)C1CCN(C(=O)Cc2ccc(N3CCCC3=O)cc2)CC1. The van der Waals surface area contributed by atoms with E-state index in [9.17, 15) is 14.4 Å². The van der Waals surface area contributed by atoms with E-state index in [1.807, 2.05) is 36.1 Å². The molecule has 2 heterocycles. The largest absolute Gasteiger partial charge is 0.356 e. The van der Waals surface area contributed by atoms with Gasteiger partial charge >= 0.3 is 0 Å². The summed E-state index contributed by atoms with van der Waals surface area (Å²) in [6.45, 7) is 4.82. The molecule has 0 unspecified atom stereocenters. The van der Waals surface area contributed by atoms with Crippen LogP contribution in [0.4, 0.5) is 5.69 Å². The molecule has 6 heteroatoms. The van der Waals surface area contributed by atoms with Crippen molar-refractivity contribution in [1.82, 2.24) is 10.2 Å². The first-order valence-electron chi connectivity index (χ1n) is 10.0. The molecule has 0 aromatic heterocycles.